The lowest BCUT2D eigenvalue weighted by molar-refractivity contribution is 0.0747. The van der Waals surface area contributed by atoms with Crippen LogP contribution in [0.15, 0.2) is 12.3 Å². The van der Waals surface area contributed by atoms with E-state index in [1.165, 1.54) is 6.20 Å². The average molecular weight is 297 g/mol. The number of aromatic nitrogens is 1. The number of amides is 1. The molecule has 0 spiro atoms. The molecule has 0 bridgehead atoms. The van der Waals surface area contributed by atoms with E-state index in [0.717, 1.165) is 32.5 Å². The van der Waals surface area contributed by atoms with Gasteiger partial charge >= 0.3 is 0 Å². The van der Waals surface area contributed by atoms with Gasteiger partial charge in [0.15, 0.2) is 0 Å². The number of anilines is 1. The Balaban J connectivity index is 1.96. The van der Waals surface area contributed by atoms with Crippen molar-refractivity contribution in [3.8, 4) is 0 Å². The summed E-state index contributed by atoms with van der Waals surface area (Å²) in [6.45, 7) is 2.97. The van der Waals surface area contributed by atoms with Crippen molar-refractivity contribution < 1.29 is 4.79 Å². The molecule has 0 unspecified atom stereocenters. The van der Waals surface area contributed by atoms with Crippen LogP contribution in [-0.2, 0) is 0 Å². The van der Waals surface area contributed by atoms with Gasteiger partial charge in [0.1, 0.15) is 5.82 Å². The summed E-state index contributed by atoms with van der Waals surface area (Å²) in [4.78, 5) is 20.3. The summed E-state index contributed by atoms with van der Waals surface area (Å²) < 4.78 is 0. The summed E-state index contributed by atoms with van der Waals surface area (Å²) in [7, 11) is 3.96. The molecule has 1 aliphatic heterocycles. The predicted molar refractivity (Wildman–Crippen MR) is 80.8 cm³/mol. The van der Waals surface area contributed by atoms with Gasteiger partial charge in [-0.1, -0.05) is 11.6 Å². The second kappa shape index (κ2) is 6.41. The Bertz CT molecular complexity index is 486. The monoisotopic (exact) mass is 296 g/mol. The molecule has 2 heterocycles. The minimum absolute atomic E-state index is 0.0571. The van der Waals surface area contributed by atoms with Gasteiger partial charge < -0.3 is 15.5 Å². The van der Waals surface area contributed by atoms with Gasteiger partial charge in [0, 0.05) is 19.8 Å². The van der Waals surface area contributed by atoms with Crippen LogP contribution in [0.3, 0.4) is 0 Å². The first kappa shape index (κ1) is 15.1. The van der Waals surface area contributed by atoms with Crippen molar-refractivity contribution in [3.63, 3.8) is 0 Å². The van der Waals surface area contributed by atoms with Crippen LogP contribution in [0.2, 0.25) is 5.02 Å². The Morgan fingerprint density at radius 1 is 1.55 bits per heavy atom. The van der Waals surface area contributed by atoms with Crippen LogP contribution in [-0.4, -0.2) is 54.4 Å². The second-order valence-corrected chi connectivity index (χ2v) is 5.93. The molecule has 1 amide bonds. The molecule has 1 aromatic rings. The van der Waals surface area contributed by atoms with E-state index >= 15 is 0 Å². The van der Waals surface area contributed by atoms with Gasteiger partial charge in [0.25, 0.3) is 5.91 Å². The second-order valence-electron chi connectivity index (χ2n) is 5.52. The first-order valence-corrected chi connectivity index (χ1v) is 7.20. The third kappa shape index (κ3) is 3.61. The molecule has 6 heteroatoms. The van der Waals surface area contributed by atoms with E-state index in [1.807, 2.05) is 7.05 Å². The van der Waals surface area contributed by atoms with Crippen molar-refractivity contribution in [2.24, 2.45) is 5.92 Å². The SMILES string of the molecule is CN1CCC(CN(C)C(=O)c2cnc(N)c(Cl)c2)CC1. The molecule has 1 fully saturated rings. The highest BCUT2D eigenvalue weighted by molar-refractivity contribution is 6.33. The van der Waals surface area contributed by atoms with E-state index in [0.29, 0.717) is 16.5 Å². The smallest absolute Gasteiger partial charge is 0.255 e. The molecule has 0 aliphatic carbocycles. The summed E-state index contributed by atoms with van der Waals surface area (Å²) in [5, 5.41) is 0.323. The number of carbonyl (C=O) groups is 1. The molecule has 5 nitrogen and oxygen atoms in total. The van der Waals surface area contributed by atoms with Crippen LogP contribution in [0.25, 0.3) is 0 Å². The van der Waals surface area contributed by atoms with Gasteiger partial charge in [-0.3, -0.25) is 4.79 Å². The Labute approximate surface area is 124 Å². The van der Waals surface area contributed by atoms with Gasteiger partial charge in [0.05, 0.1) is 10.6 Å². The number of pyridine rings is 1. The van der Waals surface area contributed by atoms with E-state index < -0.39 is 0 Å². The van der Waals surface area contributed by atoms with E-state index in [4.69, 9.17) is 17.3 Å². The third-order valence-corrected chi connectivity index (χ3v) is 4.14. The first-order valence-electron chi connectivity index (χ1n) is 6.82. The molecule has 2 N–H and O–H groups in total. The van der Waals surface area contributed by atoms with Gasteiger partial charge in [0.2, 0.25) is 0 Å². The van der Waals surface area contributed by atoms with Crippen molar-refractivity contribution in [1.29, 1.82) is 0 Å². The van der Waals surface area contributed by atoms with Gasteiger partial charge in [-0.05, 0) is 45.0 Å². The minimum Gasteiger partial charge on any atom is -0.382 e. The van der Waals surface area contributed by atoms with Crippen molar-refractivity contribution in [2.75, 3.05) is 39.5 Å². The standard InChI is InChI=1S/C14H21ClN4O/c1-18-5-3-10(4-6-18)9-19(2)14(20)11-7-12(15)13(16)17-8-11/h7-8,10H,3-6,9H2,1-2H3,(H2,16,17). The highest BCUT2D eigenvalue weighted by atomic mass is 35.5. The zero-order chi connectivity index (χ0) is 14.7. The van der Waals surface area contributed by atoms with Crippen LogP contribution in [0.1, 0.15) is 23.2 Å². The van der Waals surface area contributed by atoms with Crippen molar-refractivity contribution in [3.05, 3.63) is 22.8 Å². The number of nitrogens with zero attached hydrogens (tertiary/aromatic N) is 3. The Morgan fingerprint density at radius 3 is 2.80 bits per heavy atom. The molecular weight excluding hydrogens is 276 g/mol. The van der Waals surface area contributed by atoms with Crippen LogP contribution in [0.5, 0.6) is 0 Å². The fourth-order valence-electron chi connectivity index (χ4n) is 2.50. The fourth-order valence-corrected chi connectivity index (χ4v) is 2.67. The molecule has 20 heavy (non-hydrogen) atoms. The topological polar surface area (TPSA) is 62.5 Å². The zero-order valence-electron chi connectivity index (χ0n) is 12.0. The zero-order valence-corrected chi connectivity index (χ0v) is 12.7. The Kier molecular flexibility index (Phi) is 4.83. The quantitative estimate of drug-likeness (QED) is 0.923. The Hall–Kier alpha value is -1.33. The number of nitrogens with two attached hydrogens (primary N) is 1. The third-order valence-electron chi connectivity index (χ3n) is 3.83. The van der Waals surface area contributed by atoms with Crippen molar-refractivity contribution in [1.82, 2.24) is 14.8 Å². The summed E-state index contributed by atoms with van der Waals surface area (Å²) >= 11 is 5.91. The highest BCUT2D eigenvalue weighted by Crippen LogP contribution is 2.20. The maximum atomic E-state index is 12.3. The molecule has 1 saturated heterocycles. The Morgan fingerprint density at radius 2 is 2.20 bits per heavy atom. The van der Waals surface area contributed by atoms with Gasteiger partial charge in [-0.25, -0.2) is 4.98 Å². The number of hydrogen-bond acceptors (Lipinski definition) is 4. The van der Waals surface area contributed by atoms with E-state index in [1.54, 1.807) is 11.0 Å². The molecule has 0 radical (unpaired) electrons. The summed E-state index contributed by atoms with van der Waals surface area (Å²) in [6.07, 6.45) is 3.75. The summed E-state index contributed by atoms with van der Waals surface area (Å²) in [5.41, 5.74) is 6.04. The maximum absolute atomic E-state index is 12.3. The number of carbonyl (C=O) groups excluding carboxylic acids is 1. The van der Waals surface area contributed by atoms with Crippen LogP contribution < -0.4 is 5.73 Å². The molecule has 2 rings (SSSR count). The number of nitrogen functional groups attached to an aromatic ring is 1. The number of halogens is 1. The molecule has 1 aromatic heterocycles. The number of rotatable bonds is 3. The number of likely N-dealkylation sites (tertiary alicyclic amines) is 1. The van der Waals surface area contributed by atoms with Gasteiger partial charge in [-0.2, -0.15) is 0 Å². The normalized spacial score (nSPS) is 17.1. The summed E-state index contributed by atoms with van der Waals surface area (Å²) in [6, 6.07) is 1.58. The highest BCUT2D eigenvalue weighted by Gasteiger charge is 2.21. The van der Waals surface area contributed by atoms with E-state index in [-0.39, 0.29) is 11.7 Å². The predicted octanol–water partition coefficient (Wildman–Crippen LogP) is 1.73. The van der Waals surface area contributed by atoms with Crippen molar-refractivity contribution >= 4 is 23.3 Å². The van der Waals surface area contributed by atoms with Crippen LogP contribution >= 0.6 is 11.6 Å². The molecular formula is C14H21ClN4O. The lowest BCUT2D eigenvalue weighted by Crippen LogP contribution is -2.38. The maximum Gasteiger partial charge on any atom is 0.255 e. The minimum atomic E-state index is -0.0571. The number of piperidine rings is 1. The first-order chi connectivity index (χ1) is 9.47. The van der Waals surface area contributed by atoms with E-state index in [9.17, 15) is 4.79 Å². The molecule has 110 valence electrons. The molecule has 0 atom stereocenters. The van der Waals surface area contributed by atoms with Crippen LogP contribution in [0, 0.1) is 5.92 Å². The summed E-state index contributed by atoms with van der Waals surface area (Å²) in [5.74, 6) is 0.761. The molecule has 1 aliphatic rings. The fraction of sp³-hybridized carbons (Fsp3) is 0.571. The largest absolute Gasteiger partial charge is 0.382 e. The average Bonchev–Trinajstić information content (AvgIpc) is 2.43. The lowest BCUT2D eigenvalue weighted by Gasteiger charge is -2.31. The van der Waals surface area contributed by atoms with Gasteiger partial charge in [-0.15, -0.1) is 0 Å². The van der Waals surface area contributed by atoms with Crippen molar-refractivity contribution in [2.45, 2.75) is 12.8 Å². The van der Waals surface area contributed by atoms with E-state index in [2.05, 4.69) is 16.9 Å². The van der Waals surface area contributed by atoms with Crippen LogP contribution in [0.4, 0.5) is 5.82 Å². The number of hydrogen-bond donors (Lipinski definition) is 1. The molecule has 0 aromatic carbocycles. The molecule has 0 saturated carbocycles. The lowest BCUT2D eigenvalue weighted by atomic mass is 9.96.